The van der Waals surface area contributed by atoms with E-state index in [0.717, 1.165) is 11.3 Å². The first-order valence-corrected chi connectivity index (χ1v) is 13.4. The lowest BCUT2D eigenvalue weighted by molar-refractivity contribution is -0.139. The maximum absolute atomic E-state index is 13.7. The Hall–Kier alpha value is -4.57. The first-order valence-electron chi connectivity index (χ1n) is 12.6. The number of allylic oxidation sites excluding steroid dienone is 1. The molecule has 8 nitrogen and oxygen atoms in total. The zero-order valence-electron chi connectivity index (χ0n) is 22.0. The van der Waals surface area contributed by atoms with Crippen LogP contribution in [0.1, 0.15) is 48.5 Å². The summed E-state index contributed by atoms with van der Waals surface area (Å²) in [4.78, 5) is 43.7. The second-order valence-corrected chi connectivity index (χ2v) is 9.87. The molecule has 5 rings (SSSR count). The van der Waals surface area contributed by atoms with Crippen molar-refractivity contribution in [3.05, 3.63) is 114 Å². The van der Waals surface area contributed by atoms with Crippen LogP contribution in [-0.2, 0) is 14.3 Å². The van der Waals surface area contributed by atoms with E-state index >= 15 is 0 Å². The standard InChI is InChI=1S/C30H25FN2O6S/c1-4-37-28(35)20-8-6-7-19(15-20)23-14-13-22(39-23)16-24-27(34)33-26(18-9-11-21(31)12-10-18)25(29(36)38-5-2)17(3)32-30(33)40-24/h6-16,26H,4-5H2,1-3H3/b24-16-/t26-/m0/s1. The van der Waals surface area contributed by atoms with Crippen LogP contribution in [0, 0.1) is 5.82 Å². The molecule has 1 aliphatic heterocycles. The van der Waals surface area contributed by atoms with Crippen LogP contribution in [0.5, 0.6) is 0 Å². The van der Waals surface area contributed by atoms with Crippen LogP contribution in [0.25, 0.3) is 17.4 Å². The van der Waals surface area contributed by atoms with Crippen molar-refractivity contribution in [1.82, 2.24) is 4.57 Å². The van der Waals surface area contributed by atoms with Crippen molar-refractivity contribution in [2.24, 2.45) is 4.99 Å². The Morgan fingerprint density at radius 1 is 1.05 bits per heavy atom. The topological polar surface area (TPSA) is 100 Å². The average Bonchev–Trinajstić information content (AvgIpc) is 3.53. The highest BCUT2D eigenvalue weighted by atomic mass is 32.1. The SMILES string of the molecule is CCOC(=O)C1=C(C)N=c2s/c(=C\c3ccc(-c4cccc(C(=O)OCC)c4)o3)c(=O)n2[C@H]1c1ccc(F)cc1. The fourth-order valence-corrected chi connectivity index (χ4v) is 5.51. The molecular formula is C30H25FN2O6S. The molecule has 1 atom stereocenters. The summed E-state index contributed by atoms with van der Waals surface area (Å²) < 4.78 is 31.8. The van der Waals surface area contributed by atoms with E-state index in [0.29, 0.717) is 43.2 Å². The summed E-state index contributed by atoms with van der Waals surface area (Å²) in [5.41, 5.74) is 1.89. The molecule has 2 aromatic carbocycles. The van der Waals surface area contributed by atoms with Gasteiger partial charge in [-0.25, -0.2) is 19.0 Å². The number of ether oxygens (including phenoxy) is 2. The van der Waals surface area contributed by atoms with Gasteiger partial charge in [0.25, 0.3) is 5.56 Å². The Kier molecular flexibility index (Phi) is 7.61. The molecule has 0 unspecified atom stereocenters. The average molecular weight is 561 g/mol. The number of thiazole rings is 1. The van der Waals surface area contributed by atoms with Gasteiger partial charge in [0.2, 0.25) is 0 Å². The van der Waals surface area contributed by atoms with Crippen LogP contribution in [0.4, 0.5) is 4.39 Å². The number of halogens is 1. The monoisotopic (exact) mass is 560 g/mol. The third-order valence-corrected chi connectivity index (χ3v) is 7.24. The second kappa shape index (κ2) is 11.3. The van der Waals surface area contributed by atoms with Crippen molar-refractivity contribution in [2.75, 3.05) is 13.2 Å². The summed E-state index contributed by atoms with van der Waals surface area (Å²) in [6.45, 7) is 5.54. The van der Waals surface area contributed by atoms with Crippen molar-refractivity contribution in [3.8, 4) is 11.3 Å². The fourth-order valence-electron chi connectivity index (χ4n) is 4.48. The van der Waals surface area contributed by atoms with Gasteiger partial charge in [0.15, 0.2) is 4.80 Å². The molecule has 0 bridgehead atoms. The molecule has 0 amide bonds. The molecule has 2 aromatic heterocycles. The number of hydrogen-bond donors (Lipinski definition) is 0. The molecule has 1 aliphatic rings. The lowest BCUT2D eigenvalue weighted by Gasteiger charge is -2.24. The minimum Gasteiger partial charge on any atom is -0.463 e. The van der Waals surface area contributed by atoms with E-state index in [1.165, 1.54) is 28.8 Å². The van der Waals surface area contributed by atoms with Gasteiger partial charge in [-0.3, -0.25) is 9.36 Å². The molecule has 0 saturated carbocycles. The number of aromatic nitrogens is 1. The number of esters is 2. The summed E-state index contributed by atoms with van der Waals surface area (Å²) in [5.74, 6) is -0.522. The summed E-state index contributed by atoms with van der Waals surface area (Å²) in [5, 5.41) is 0. The molecule has 3 heterocycles. The molecule has 0 fully saturated rings. The first kappa shape index (κ1) is 27.0. The van der Waals surface area contributed by atoms with Crippen LogP contribution in [0.15, 0.2) is 86.1 Å². The molecule has 0 radical (unpaired) electrons. The van der Waals surface area contributed by atoms with Crippen molar-refractivity contribution < 1.29 is 27.9 Å². The molecule has 40 heavy (non-hydrogen) atoms. The molecule has 204 valence electrons. The van der Waals surface area contributed by atoms with Gasteiger partial charge in [0, 0.05) is 11.6 Å². The van der Waals surface area contributed by atoms with Gasteiger partial charge in [0.1, 0.15) is 17.3 Å². The fraction of sp³-hybridized carbons (Fsp3) is 0.200. The summed E-state index contributed by atoms with van der Waals surface area (Å²) in [7, 11) is 0. The van der Waals surface area contributed by atoms with E-state index in [2.05, 4.69) is 4.99 Å². The Balaban J connectivity index is 1.57. The van der Waals surface area contributed by atoms with Crippen molar-refractivity contribution in [1.29, 1.82) is 0 Å². The van der Waals surface area contributed by atoms with Crippen LogP contribution in [0.2, 0.25) is 0 Å². The largest absolute Gasteiger partial charge is 0.463 e. The molecule has 0 aliphatic carbocycles. The van der Waals surface area contributed by atoms with Gasteiger partial charge in [-0.2, -0.15) is 0 Å². The van der Waals surface area contributed by atoms with E-state index in [9.17, 15) is 18.8 Å². The number of hydrogen-bond acceptors (Lipinski definition) is 8. The van der Waals surface area contributed by atoms with Crippen LogP contribution in [0.3, 0.4) is 0 Å². The number of rotatable bonds is 7. The first-order chi connectivity index (χ1) is 19.3. The predicted molar refractivity (Wildman–Crippen MR) is 147 cm³/mol. The quantitative estimate of drug-likeness (QED) is 0.311. The maximum Gasteiger partial charge on any atom is 0.338 e. The molecule has 4 aromatic rings. The predicted octanol–water partition coefficient (Wildman–Crippen LogP) is 4.37. The van der Waals surface area contributed by atoms with Gasteiger partial charge >= 0.3 is 11.9 Å². The number of furan rings is 1. The van der Waals surface area contributed by atoms with E-state index in [4.69, 9.17) is 13.9 Å². The van der Waals surface area contributed by atoms with Crippen LogP contribution >= 0.6 is 11.3 Å². The molecule has 10 heteroatoms. The Morgan fingerprint density at radius 3 is 2.50 bits per heavy atom. The minimum atomic E-state index is -0.837. The summed E-state index contributed by atoms with van der Waals surface area (Å²) in [6, 6.07) is 15.2. The lowest BCUT2D eigenvalue weighted by atomic mass is 9.96. The summed E-state index contributed by atoms with van der Waals surface area (Å²) in [6.07, 6.45) is 1.60. The Labute approximate surface area is 232 Å². The zero-order valence-corrected chi connectivity index (χ0v) is 22.8. The minimum absolute atomic E-state index is 0.152. The second-order valence-electron chi connectivity index (χ2n) is 8.86. The van der Waals surface area contributed by atoms with E-state index in [-0.39, 0.29) is 24.3 Å². The number of carbonyl (C=O) groups excluding carboxylic acids is 2. The third-order valence-electron chi connectivity index (χ3n) is 6.26. The number of carbonyl (C=O) groups is 2. The van der Waals surface area contributed by atoms with Gasteiger partial charge in [-0.1, -0.05) is 35.6 Å². The normalized spacial score (nSPS) is 15.0. The van der Waals surface area contributed by atoms with Crippen LogP contribution < -0.4 is 14.9 Å². The van der Waals surface area contributed by atoms with E-state index in [1.54, 1.807) is 57.2 Å². The van der Waals surface area contributed by atoms with Gasteiger partial charge < -0.3 is 13.9 Å². The van der Waals surface area contributed by atoms with Crippen molar-refractivity contribution >= 4 is 29.4 Å². The third kappa shape index (κ3) is 5.17. The Morgan fingerprint density at radius 2 is 1.77 bits per heavy atom. The lowest BCUT2D eigenvalue weighted by Crippen LogP contribution is -2.39. The number of fused-ring (bicyclic) bond motifs is 1. The smallest absolute Gasteiger partial charge is 0.338 e. The molecule has 0 saturated heterocycles. The van der Waals surface area contributed by atoms with Gasteiger partial charge in [0.05, 0.1) is 40.6 Å². The highest BCUT2D eigenvalue weighted by Crippen LogP contribution is 2.31. The van der Waals surface area contributed by atoms with E-state index < -0.39 is 23.8 Å². The van der Waals surface area contributed by atoms with Gasteiger partial charge in [-0.15, -0.1) is 0 Å². The van der Waals surface area contributed by atoms with Crippen molar-refractivity contribution in [3.63, 3.8) is 0 Å². The number of benzene rings is 2. The zero-order chi connectivity index (χ0) is 28.4. The maximum atomic E-state index is 13.7. The Bertz CT molecular complexity index is 1810. The highest BCUT2D eigenvalue weighted by molar-refractivity contribution is 7.07. The summed E-state index contributed by atoms with van der Waals surface area (Å²) >= 11 is 1.15. The van der Waals surface area contributed by atoms with Crippen molar-refractivity contribution in [2.45, 2.75) is 26.8 Å². The molecule has 0 spiro atoms. The van der Waals surface area contributed by atoms with Crippen LogP contribution in [-0.4, -0.2) is 29.7 Å². The number of nitrogens with zero attached hydrogens (tertiary/aromatic N) is 2. The van der Waals surface area contributed by atoms with E-state index in [1.807, 2.05) is 6.07 Å². The molecular weight excluding hydrogens is 535 g/mol. The van der Waals surface area contributed by atoms with Gasteiger partial charge in [-0.05, 0) is 62.7 Å². The highest BCUT2D eigenvalue weighted by Gasteiger charge is 2.33. The molecule has 0 N–H and O–H groups in total.